The van der Waals surface area contributed by atoms with Crippen molar-refractivity contribution in [1.29, 1.82) is 0 Å². The number of amides is 1. The standard InChI is InChI=1S/C20H24ClN3O3/c1-14-8-6-7-11-23(14)17(25)13-27-20(26)18-15(2)22-24(19(18)21)12-16-9-4-3-5-10-16/h3-5,9-10,14H,6-8,11-13H2,1-2H3/t14-/m1/s1. The zero-order chi connectivity index (χ0) is 19.4. The minimum absolute atomic E-state index is 0.166. The molecule has 0 unspecified atom stereocenters. The lowest BCUT2D eigenvalue weighted by molar-refractivity contribution is -0.137. The number of ether oxygens (including phenoxy) is 1. The Morgan fingerprint density at radius 2 is 2.00 bits per heavy atom. The predicted molar refractivity (Wildman–Crippen MR) is 103 cm³/mol. The maximum atomic E-state index is 12.5. The molecular formula is C20H24ClN3O3. The number of halogens is 1. The minimum Gasteiger partial charge on any atom is -0.452 e. The number of aromatic nitrogens is 2. The van der Waals surface area contributed by atoms with Crippen molar-refractivity contribution >= 4 is 23.5 Å². The number of piperidine rings is 1. The second kappa shape index (κ2) is 8.57. The van der Waals surface area contributed by atoms with E-state index in [1.54, 1.807) is 16.5 Å². The highest BCUT2D eigenvalue weighted by Gasteiger charge is 2.26. The van der Waals surface area contributed by atoms with Gasteiger partial charge in [0.25, 0.3) is 5.91 Å². The number of likely N-dealkylation sites (tertiary alicyclic amines) is 1. The maximum absolute atomic E-state index is 12.5. The third-order valence-corrected chi connectivity index (χ3v) is 5.28. The van der Waals surface area contributed by atoms with Gasteiger partial charge in [0.15, 0.2) is 6.61 Å². The first-order valence-corrected chi connectivity index (χ1v) is 9.58. The van der Waals surface area contributed by atoms with Crippen LogP contribution in [0.2, 0.25) is 5.15 Å². The molecule has 27 heavy (non-hydrogen) atoms. The zero-order valence-electron chi connectivity index (χ0n) is 15.7. The van der Waals surface area contributed by atoms with Crippen LogP contribution in [0.25, 0.3) is 0 Å². The lowest BCUT2D eigenvalue weighted by Gasteiger charge is -2.33. The van der Waals surface area contributed by atoms with Gasteiger partial charge in [0.1, 0.15) is 10.7 Å². The highest BCUT2D eigenvalue weighted by molar-refractivity contribution is 6.32. The maximum Gasteiger partial charge on any atom is 0.343 e. The number of benzene rings is 1. The fourth-order valence-electron chi connectivity index (χ4n) is 3.40. The van der Waals surface area contributed by atoms with E-state index >= 15 is 0 Å². The fraction of sp³-hybridized carbons (Fsp3) is 0.450. The van der Waals surface area contributed by atoms with Gasteiger partial charge >= 0.3 is 5.97 Å². The summed E-state index contributed by atoms with van der Waals surface area (Å²) in [6.07, 6.45) is 3.10. The van der Waals surface area contributed by atoms with Crippen LogP contribution in [0.3, 0.4) is 0 Å². The van der Waals surface area contributed by atoms with Gasteiger partial charge < -0.3 is 9.64 Å². The van der Waals surface area contributed by atoms with Gasteiger partial charge in [-0.05, 0) is 38.7 Å². The summed E-state index contributed by atoms with van der Waals surface area (Å²) in [4.78, 5) is 26.6. The number of aryl methyl sites for hydroxylation is 1. The molecule has 0 saturated carbocycles. The molecule has 1 amide bonds. The summed E-state index contributed by atoms with van der Waals surface area (Å²) in [5.41, 5.74) is 1.72. The van der Waals surface area contributed by atoms with Crippen molar-refractivity contribution in [2.75, 3.05) is 13.2 Å². The van der Waals surface area contributed by atoms with E-state index in [1.807, 2.05) is 37.3 Å². The molecule has 1 atom stereocenters. The van der Waals surface area contributed by atoms with Crippen LogP contribution in [0.1, 0.15) is 47.8 Å². The molecule has 0 N–H and O–H groups in total. The molecule has 0 spiro atoms. The van der Waals surface area contributed by atoms with Gasteiger partial charge in [-0.25, -0.2) is 9.48 Å². The molecule has 2 aromatic rings. The van der Waals surface area contributed by atoms with Crippen molar-refractivity contribution in [2.24, 2.45) is 0 Å². The van der Waals surface area contributed by atoms with Gasteiger partial charge in [-0.1, -0.05) is 41.9 Å². The van der Waals surface area contributed by atoms with Gasteiger partial charge in [0.2, 0.25) is 0 Å². The second-order valence-corrected chi connectivity index (χ2v) is 7.26. The van der Waals surface area contributed by atoms with Crippen LogP contribution < -0.4 is 0 Å². The Morgan fingerprint density at radius 1 is 1.26 bits per heavy atom. The minimum atomic E-state index is -0.616. The van der Waals surface area contributed by atoms with E-state index < -0.39 is 5.97 Å². The molecule has 6 nitrogen and oxygen atoms in total. The van der Waals surface area contributed by atoms with Crippen LogP contribution in [-0.4, -0.2) is 45.8 Å². The number of hydrogen-bond acceptors (Lipinski definition) is 4. The van der Waals surface area contributed by atoms with Crippen molar-refractivity contribution in [2.45, 2.75) is 45.7 Å². The van der Waals surface area contributed by atoms with Crippen molar-refractivity contribution in [3.05, 3.63) is 52.3 Å². The number of esters is 1. The lowest BCUT2D eigenvalue weighted by Crippen LogP contribution is -2.44. The van der Waals surface area contributed by atoms with Gasteiger partial charge in [-0.2, -0.15) is 5.10 Å². The Hall–Kier alpha value is -2.34. The number of rotatable bonds is 5. The van der Waals surface area contributed by atoms with Gasteiger partial charge in [0, 0.05) is 12.6 Å². The monoisotopic (exact) mass is 389 g/mol. The number of carbonyl (C=O) groups excluding carboxylic acids is 2. The van der Waals surface area contributed by atoms with E-state index in [-0.39, 0.29) is 29.3 Å². The topological polar surface area (TPSA) is 64.4 Å². The molecule has 1 saturated heterocycles. The molecular weight excluding hydrogens is 366 g/mol. The summed E-state index contributed by atoms with van der Waals surface area (Å²) < 4.78 is 6.82. The van der Waals surface area contributed by atoms with E-state index in [0.717, 1.165) is 24.8 Å². The summed E-state index contributed by atoms with van der Waals surface area (Å²) in [6.45, 7) is 4.62. The van der Waals surface area contributed by atoms with E-state index in [4.69, 9.17) is 16.3 Å². The van der Waals surface area contributed by atoms with Crippen molar-refractivity contribution < 1.29 is 14.3 Å². The molecule has 1 aromatic heterocycles. The smallest absolute Gasteiger partial charge is 0.343 e. The molecule has 1 fully saturated rings. The molecule has 7 heteroatoms. The SMILES string of the molecule is Cc1nn(Cc2ccccc2)c(Cl)c1C(=O)OCC(=O)N1CCCC[C@H]1C. The van der Waals surface area contributed by atoms with E-state index in [0.29, 0.717) is 18.8 Å². The number of hydrogen-bond donors (Lipinski definition) is 0. The molecule has 0 radical (unpaired) electrons. The average molecular weight is 390 g/mol. The summed E-state index contributed by atoms with van der Waals surface area (Å²) in [5, 5.41) is 4.57. The number of nitrogens with zero attached hydrogens (tertiary/aromatic N) is 3. The van der Waals surface area contributed by atoms with Crippen LogP contribution in [0.5, 0.6) is 0 Å². The van der Waals surface area contributed by atoms with Crippen LogP contribution in [0.4, 0.5) is 0 Å². The molecule has 0 aliphatic carbocycles. The van der Waals surface area contributed by atoms with Crippen molar-refractivity contribution in [1.82, 2.24) is 14.7 Å². The Bertz CT molecular complexity index is 819. The lowest BCUT2D eigenvalue weighted by atomic mass is 10.0. The first-order valence-electron chi connectivity index (χ1n) is 9.20. The van der Waals surface area contributed by atoms with Crippen molar-refractivity contribution in [3.8, 4) is 0 Å². The molecule has 0 bridgehead atoms. The van der Waals surface area contributed by atoms with Gasteiger partial charge in [-0.3, -0.25) is 4.79 Å². The highest BCUT2D eigenvalue weighted by Crippen LogP contribution is 2.22. The van der Waals surface area contributed by atoms with Crippen LogP contribution >= 0.6 is 11.6 Å². The van der Waals surface area contributed by atoms with Crippen LogP contribution in [-0.2, 0) is 16.1 Å². The normalized spacial score (nSPS) is 17.0. The van der Waals surface area contributed by atoms with E-state index in [9.17, 15) is 9.59 Å². The molecule has 2 heterocycles. The summed E-state index contributed by atoms with van der Waals surface area (Å²) in [6, 6.07) is 9.91. The molecule has 1 aliphatic heterocycles. The molecule has 1 aliphatic rings. The molecule has 144 valence electrons. The predicted octanol–water partition coefficient (Wildman–Crippen LogP) is 3.45. The third kappa shape index (κ3) is 4.50. The summed E-state index contributed by atoms with van der Waals surface area (Å²) in [7, 11) is 0. The third-order valence-electron chi connectivity index (χ3n) is 4.89. The summed E-state index contributed by atoms with van der Waals surface area (Å²) in [5.74, 6) is -0.782. The quantitative estimate of drug-likeness (QED) is 0.734. The molecule has 1 aromatic carbocycles. The first kappa shape index (κ1) is 19.4. The van der Waals surface area contributed by atoms with Crippen LogP contribution in [0, 0.1) is 6.92 Å². The largest absolute Gasteiger partial charge is 0.452 e. The Morgan fingerprint density at radius 3 is 2.70 bits per heavy atom. The van der Waals surface area contributed by atoms with Gasteiger partial charge in [-0.15, -0.1) is 0 Å². The average Bonchev–Trinajstić information content (AvgIpc) is 2.94. The Balaban J connectivity index is 1.65. The van der Waals surface area contributed by atoms with E-state index in [2.05, 4.69) is 5.10 Å². The van der Waals surface area contributed by atoms with Crippen LogP contribution in [0.15, 0.2) is 30.3 Å². The van der Waals surface area contributed by atoms with Crippen molar-refractivity contribution in [3.63, 3.8) is 0 Å². The summed E-state index contributed by atoms with van der Waals surface area (Å²) >= 11 is 6.37. The second-order valence-electron chi connectivity index (χ2n) is 6.90. The molecule has 3 rings (SSSR count). The Labute approximate surface area is 164 Å². The highest BCUT2D eigenvalue weighted by atomic mass is 35.5. The van der Waals surface area contributed by atoms with E-state index in [1.165, 1.54) is 0 Å². The zero-order valence-corrected chi connectivity index (χ0v) is 16.4. The first-order chi connectivity index (χ1) is 13.0. The Kier molecular flexibility index (Phi) is 6.16. The number of carbonyl (C=O) groups is 2. The van der Waals surface area contributed by atoms with Gasteiger partial charge in [0.05, 0.1) is 12.2 Å². The fourth-order valence-corrected chi connectivity index (χ4v) is 3.71.